The van der Waals surface area contributed by atoms with Crippen LogP contribution < -0.4 is 10.6 Å². The molecule has 0 bridgehead atoms. The molecule has 0 unspecified atom stereocenters. The largest absolute Gasteiger partial charge is 0.394 e. The summed E-state index contributed by atoms with van der Waals surface area (Å²) in [7, 11) is 0. The molecule has 0 aliphatic carbocycles. The minimum absolute atomic E-state index is 0.270. The highest BCUT2D eigenvalue weighted by atomic mass is 16.7. The quantitative estimate of drug-likeness (QED) is 0.0807. The predicted octanol–water partition coefficient (Wildman–Crippen LogP) is 2.30. The van der Waals surface area contributed by atoms with Crippen LogP contribution in [0.3, 0.4) is 0 Å². The molecule has 0 aromatic carbocycles. The van der Waals surface area contributed by atoms with Crippen molar-refractivity contribution in [1.82, 2.24) is 10.6 Å². The molecule has 1 aliphatic heterocycles. The predicted molar refractivity (Wildman–Crippen MR) is 153 cm³/mol. The van der Waals surface area contributed by atoms with Crippen molar-refractivity contribution in [2.24, 2.45) is 0 Å². The lowest BCUT2D eigenvalue weighted by Gasteiger charge is -2.39. The summed E-state index contributed by atoms with van der Waals surface area (Å²) in [6, 6.07) is -1.03. The summed E-state index contributed by atoms with van der Waals surface area (Å²) >= 11 is 0. The summed E-state index contributed by atoms with van der Waals surface area (Å²) in [5.41, 5.74) is 0. The Kier molecular flexibility index (Phi) is 20.8. The van der Waals surface area contributed by atoms with Crippen LogP contribution in [0.2, 0.25) is 0 Å². The zero-order valence-corrected chi connectivity index (χ0v) is 24.4. The summed E-state index contributed by atoms with van der Waals surface area (Å²) in [6.07, 6.45) is 14.0. The van der Waals surface area contributed by atoms with E-state index >= 15 is 0 Å². The molecular weight excluding hydrogens is 516 g/mol. The Bertz CT molecular complexity index is 714. The van der Waals surface area contributed by atoms with E-state index in [-0.39, 0.29) is 18.9 Å². The molecule has 6 atom stereocenters. The maximum absolute atomic E-state index is 12.9. The number of carbonyl (C=O) groups excluding carboxylic acids is 2. The zero-order valence-electron chi connectivity index (χ0n) is 24.4. The fraction of sp³-hybridized carbons (Fsp3) is 0.867. The van der Waals surface area contributed by atoms with Crippen LogP contribution in [0.1, 0.15) is 110 Å². The van der Waals surface area contributed by atoms with Crippen molar-refractivity contribution < 1.29 is 39.5 Å². The topological polar surface area (TPSA) is 158 Å². The maximum atomic E-state index is 12.9. The minimum Gasteiger partial charge on any atom is -0.394 e. The molecule has 232 valence electrons. The van der Waals surface area contributed by atoms with Gasteiger partial charge in [-0.2, -0.15) is 0 Å². The van der Waals surface area contributed by atoms with Gasteiger partial charge in [0, 0.05) is 19.4 Å². The number of hydrogen-bond acceptors (Lipinski definition) is 8. The average Bonchev–Trinajstić information content (AvgIpc) is 2.95. The molecule has 1 heterocycles. The van der Waals surface area contributed by atoms with Crippen molar-refractivity contribution >= 4 is 11.8 Å². The second-order valence-corrected chi connectivity index (χ2v) is 10.7. The van der Waals surface area contributed by atoms with E-state index in [2.05, 4.69) is 23.5 Å². The fourth-order valence-electron chi connectivity index (χ4n) is 4.66. The third-order valence-corrected chi connectivity index (χ3v) is 7.23. The Morgan fingerprint density at radius 3 is 2.10 bits per heavy atom. The van der Waals surface area contributed by atoms with Crippen LogP contribution in [0, 0.1) is 12.3 Å². The monoisotopic (exact) mass is 570 g/mol. The molecule has 0 aromatic rings. The van der Waals surface area contributed by atoms with Crippen LogP contribution in [0.25, 0.3) is 0 Å². The van der Waals surface area contributed by atoms with Gasteiger partial charge < -0.3 is 40.5 Å². The van der Waals surface area contributed by atoms with Crippen molar-refractivity contribution in [2.75, 3.05) is 19.8 Å². The molecule has 1 rings (SSSR count). The van der Waals surface area contributed by atoms with Crippen LogP contribution in [0.4, 0.5) is 0 Å². The van der Waals surface area contributed by atoms with Crippen LogP contribution in [-0.2, 0) is 19.1 Å². The molecular formula is C30H54N2O8. The lowest BCUT2D eigenvalue weighted by atomic mass is 9.99. The molecule has 1 fully saturated rings. The van der Waals surface area contributed by atoms with E-state index in [4.69, 9.17) is 15.9 Å². The molecule has 0 spiro atoms. The number of ether oxygens (including phenoxy) is 2. The van der Waals surface area contributed by atoms with Gasteiger partial charge in [0.2, 0.25) is 11.8 Å². The molecule has 1 aliphatic rings. The molecule has 40 heavy (non-hydrogen) atoms. The van der Waals surface area contributed by atoms with Gasteiger partial charge in [-0.25, -0.2) is 0 Å². The van der Waals surface area contributed by atoms with Gasteiger partial charge in [0.25, 0.3) is 0 Å². The normalized spacial score (nSPS) is 23.4. The van der Waals surface area contributed by atoms with Crippen LogP contribution in [0.5, 0.6) is 0 Å². The van der Waals surface area contributed by atoms with E-state index in [0.29, 0.717) is 13.0 Å². The SMILES string of the molecule is C#CCCCCCCCCC(=O)N[C@@H](CO[C@H]1O[C@H](CO)[C@H](O)[C@H](O)[C@H]1O)C(=O)NCCCCCCCCCC. The van der Waals surface area contributed by atoms with Gasteiger partial charge in [-0.05, 0) is 19.3 Å². The van der Waals surface area contributed by atoms with E-state index < -0.39 is 49.3 Å². The first-order valence-corrected chi connectivity index (χ1v) is 15.3. The van der Waals surface area contributed by atoms with E-state index in [9.17, 15) is 30.0 Å². The number of nitrogens with one attached hydrogen (secondary N) is 2. The Hall–Kier alpha value is -1.74. The molecule has 10 heteroatoms. The summed E-state index contributed by atoms with van der Waals surface area (Å²) in [4.78, 5) is 25.5. The van der Waals surface area contributed by atoms with Gasteiger partial charge in [-0.15, -0.1) is 12.3 Å². The fourth-order valence-corrected chi connectivity index (χ4v) is 4.66. The molecule has 1 saturated heterocycles. The third-order valence-electron chi connectivity index (χ3n) is 7.23. The minimum atomic E-state index is -1.59. The number of aliphatic hydroxyl groups is 4. The molecule has 0 radical (unpaired) electrons. The first-order valence-electron chi connectivity index (χ1n) is 15.3. The van der Waals surface area contributed by atoms with E-state index in [1.807, 2.05) is 0 Å². The Balaban J connectivity index is 2.53. The van der Waals surface area contributed by atoms with Crippen molar-refractivity contribution in [1.29, 1.82) is 0 Å². The van der Waals surface area contributed by atoms with Crippen LogP contribution >= 0.6 is 0 Å². The number of terminal acetylenes is 1. The van der Waals surface area contributed by atoms with Gasteiger partial charge in [0.1, 0.15) is 30.5 Å². The van der Waals surface area contributed by atoms with Gasteiger partial charge in [0.05, 0.1) is 13.2 Å². The first kappa shape index (κ1) is 36.3. The highest BCUT2D eigenvalue weighted by Gasteiger charge is 2.44. The first-order chi connectivity index (χ1) is 19.3. The molecule has 2 amide bonds. The van der Waals surface area contributed by atoms with Crippen molar-refractivity contribution in [2.45, 2.75) is 146 Å². The Morgan fingerprint density at radius 2 is 1.48 bits per heavy atom. The number of unbranched alkanes of at least 4 members (excludes halogenated alkanes) is 13. The van der Waals surface area contributed by atoms with Gasteiger partial charge in [0.15, 0.2) is 6.29 Å². The van der Waals surface area contributed by atoms with Gasteiger partial charge >= 0.3 is 0 Å². The van der Waals surface area contributed by atoms with E-state index in [0.717, 1.165) is 57.8 Å². The molecule has 6 N–H and O–H groups in total. The van der Waals surface area contributed by atoms with E-state index in [1.165, 1.54) is 32.1 Å². The van der Waals surface area contributed by atoms with Crippen LogP contribution in [0.15, 0.2) is 0 Å². The lowest BCUT2D eigenvalue weighted by molar-refractivity contribution is -0.301. The summed E-state index contributed by atoms with van der Waals surface area (Å²) in [6.45, 7) is 1.76. The van der Waals surface area contributed by atoms with Gasteiger partial charge in [-0.3, -0.25) is 9.59 Å². The Morgan fingerprint density at radius 1 is 0.875 bits per heavy atom. The second-order valence-electron chi connectivity index (χ2n) is 10.7. The van der Waals surface area contributed by atoms with Crippen LogP contribution in [-0.4, -0.2) is 88.7 Å². The molecule has 10 nitrogen and oxygen atoms in total. The lowest BCUT2D eigenvalue weighted by Crippen LogP contribution is -2.60. The number of rotatable bonds is 23. The zero-order chi connectivity index (χ0) is 29.6. The van der Waals surface area contributed by atoms with Crippen molar-refractivity contribution in [3.8, 4) is 12.3 Å². The van der Waals surface area contributed by atoms with Crippen molar-refractivity contribution in [3.63, 3.8) is 0 Å². The summed E-state index contributed by atoms with van der Waals surface area (Å²) in [5.74, 6) is 1.94. The smallest absolute Gasteiger partial charge is 0.244 e. The number of aliphatic hydroxyl groups excluding tert-OH is 4. The Labute approximate surface area is 240 Å². The average molecular weight is 571 g/mol. The maximum Gasteiger partial charge on any atom is 0.244 e. The highest BCUT2D eigenvalue weighted by Crippen LogP contribution is 2.22. The number of carbonyl (C=O) groups is 2. The van der Waals surface area contributed by atoms with E-state index in [1.54, 1.807) is 0 Å². The van der Waals surface area contributed by atoms with Crippen molar-refractivity contribution in [3.05, 3.63) is 0 Å². The molecule has 0 saturated carbocycles. The second kappa shape index (κ2) is 22.9. The summed E-state index contributed by atoms with van der Waals surface area (Å²) in [5, 5.41) is 45.2. The standard InChI is InChI=1S/C30H54N2O8/c1-3-5-7-9-11-13-15-17-19-25(34)32-23(29(38)31-20-18-16-14-12-10-8-6-4-2)22-39-30-28(37)27(36)26(35)24(21-33)40-30/h1,23-24,26-28,30,33,35-37H,4-22H2,2H3,(H,31,38)(H,32,34)/t23-,24+,26-,27-,28+,30-/m0/s1. The number of hydrogen-bond donors (Lipinski definition) is 6. The third kappa shape index (κ3) is 15.3. The highest BCUT2D eigenvalue weighted by molar-refractivity contribution is 5.87. The molecule has 0 aromatic heterocycles. The number of amides is 2. The van der Waals surface area contributed by atoms with Gasteiger partial charge in [-0.1, -0.05) is 77.6 Å². The summed E-state index contributed by atoms with van der Waals surface area (Å²) < 4.78 is 10.9.